The average molecular weight is 1400 g/mol. The molecule has 2 aliphatic rings. The van der Waals surface area contributed by atoms with Gasteiger partial charge in [0, 0.05) is 110 Å². The minimum atomic E-state index is -1.20. The fourth-order valence-electron chi connectivity index (χ4n) is 13.0. The Kier molecular flexibility index (Phi) is 28.2. The van der Waals surface area contributed by atoms with Gasteiger partial charge in [0.05, 0.1) is 23.7 Å². The Labute approximate surface area is 595 Å². The molecule has 4 aromatic carbocycles. The first kappa shape index (κ1) is 80.6. The molecule has 10 atom stereocenters. The lowest BCUT2D eigenvalue weighted by molar-refractivity contribution is -0.145. The predicted octanol–water partition coefficient (Wildman–Crippen LogP) is 9.05. The number of hydrogen-bond acceptors (Lipinski definition) is 13. The van der Waals surface area contributed by atoms with E-state index in [9.17, 15) is 63.0 Å². The summed E-state index contributed by atoms with van der Waals surface area (Å²) in [6, 6.07) is 24.9. The molecule has 0 fully saturated rings. The Hall–Kier alpha value is -9.35. The van der Waals surface area contributed by atoms with E-state index in [4.69, 9.17) is 9.47 Å². The number of nitrogens with zero attached hydrogens (tertiary/aromatic N) is 5. The van der Waals surface area contributed by atoms with Crippen LogP contribution in [-0.2, 0) is 59.0 Å². The molecule has 1 unspecified atom stereocenters. The lowest BCUT2D eigenvalue weighted by Crippen LogP contribution is -2.54. The summed E-state index contributed by atoms with van der Waals surface area (Å²) in [4.78, 5) is 154. The van der Waals surface area contributed by atoms with Crippen LogP contribution in [0.2, 0.25) is 0 Å². The Balaban J connectivity index is 1.12. The molecule has 4 aromatic rings. The van der Waals surface area contributed by atoms with Crippen LogP contribution in [0.15, 0.2) is 91.0 Å². The number of benzene rings is 4. The minimum Gasteiger partial charge on any atom is -0.481 e. The molecule has 24 heteroatoms. The number of fused-ring (bicyclic) bond motifs is 6. The molecule has 0 aliphatic heterocycles. The van der Waals surface area contributed by atoms with Gasteiger partial charge in [-0.2, -0.15) is 0 Å². The maximum Gasteiger partial charge on any atom is 0.407 e. The number of alkyl carbamates (subject to hydrolysis) is 2. The normalized spacial score (nSPS) is 15.7. The lowest BCUT2D eigenvalue weighted by atomic mass is 9.89. The Morgan fingerprint density at radius 1 is 0.446 bits per heavy atom. The molecular formula is C77H107N9O15. The van der Waals surface area contributed by atoms with E-state index in [1.54, 1.807) is 83.5 Å². The highest BCUT2D eigenvalue weighted by molar-refractivity contribution is 5.90. The molecule has 24 nitrogen and oxygen atoms in total. The van der Waals surface area contributed by atoms with Gasteiger partial charge in [-0.15, -0.1) is 0 Å². The quantitative estimate of drug-likeness (QED) is 0.0250. The molecular weight excluding hydrogens is 1290 g/mol. The summed E-state index contributed by atoms with van der Waals surface area (Å²) >= 11 is 0. The van der Waals surface area contributed by atoms with Crippen LogP contribution in [0.5, 0.6) is 0 Å². The first-order valence-corrected chi connectivity index (χ1v) is 35.0. The average Bonchev–Trinajstić information content (AvgIpc) is 1.62. The van der Waals surface area contributed by atoms with E-state index in [1.165, 1.54) is 38.6 Å². The van der Waals surface area contributed by atoms with Crippen molar-refractivity contribution in [3.8, 4) is 22.3 Å². The molecule has 0 saturated carbocycles. The number of carbonyl (C=O) groups excluding carboxylic acids is 9. The fourth-order valence-corrected chi connectivity index (χ4v) is 13.0. The second kappa shape index (κ2) is 35.3. The highest BCUT2D eigenvalue weighted by Gasteiger charge is 2.40. The van der Waals surface area contributed by atoms with E-state index < -0.39 is 101 Å². The van der Waals surface area contributed by atoms with Gasteiger partial charge in [-0.1, -0.05) is 118 Å². The van der Waals surface area contributed by atoms with Crippen LogP contribution in [0, 0.1) is 22.7 Å². The largest absolute Gasteiger partial charge is 0.481 e. The van der Waals surface area contributed by atoms with Crippen molar-refractivity contribution in [1.82, 2.24) is 45.8 Å². The molecule has 0 saturated heterocycles. The van der Waals surface area contributed by atoms with Crippen molar-refractivity contribution in [2.24, 2.45) is 22.7 Å². The summed E-state index contributed by atoms with van der Waals surface area (Å²) < 4.78 is 12.0. The van der Waals surface area contributed by atoms with Gasteiger partial charge in [-0.05, 0) is 137 Å². The monoisotopic (exact) mass is 1400 g/mol. The highest BCUT2D eigenvalue weighted by atomic mass is 16.6. The zero-order valence-corrected chi connectivity index (χ0v) is 61.9. The van der Waals surface area contributed by atoms with Gasteiger partial charge >= 0.3 is 24.1 Å². The van der Waals surface area contributed by atoms with Crippen LogP contribution in [0.25, 0.3) is 22.3 Å². The van der Waals surface area contributed by atoms with E-state index >= 15 is 0 Å². The van der Waals surface area contributed by atoms with Crippen molar-refractivity contribution in [3.63, 3.8) is 0 Å². The van der Waals surface area contributed by atoms with Crippen LogP contribution < -0.4 is 21.3 Å². The summed E-state index contributed by atoms with van der Waals surface area (Å²) in [5.41, 5.74) is 6.46. The first-order valence-electron chi connectivity index (χ1n) is 35.0. The lowest BCUT2D eigenvalue weighted by Gasteiger charge is -2.35. The Morgan fingerprint density at radius 3 is 1.14 bits per heavy atom. The molecule has 550 valence electrons. The second-order valence-electron chi connectivity index (χ2n) is 29.2. The molecule has 2 aliphatic carbocycles. The molecule has 9 amide bonds. The summed E-state index contributed by atoms with van der Waals surface area (Å²) in [6.07, 6.45) is -0.847. The van der Waals surface area contributed by atoms with Crippen molar-refractivity contribution < 1.29 is 72.4 Å². The maximum atomic E-state index is 14.7. The number of nitrogens with one attached hydrogen (secondary N) is 4. The van der Waals surface area contributed by atoms with Crippen LogP contribution >= 0.6 is 0 Å². The maximum absolute atomic E-state index is 14.7. The summed E-state index contributed by atoms with van der Waals surface area (Å²) in [5, 5.41) is 29.9. The van der Waals surface area contributed by atoms with Crippen molar-refractivity contribution in [2.75, 3.05) is 61.5 Å². The molecule has 0 aromatic heterocycles. The van der Waals surface area contributed by atoms with Crippen molar-refractivity contribution >= 4 is 65.5 Å². The van der Waals surface area contributed by atoms with Gasteiger partial charge in [0.2, 0.25) is 41.4 Å². The molecule has 0 radical (unpaired) electrons. The predicted molar refractivity (Wildman–Crippen MR) is 384 cm³/mol. The molecule has 6 rings (SSSR count). The third kappa shape index (κ3) is 20.7. The van der Waals surface area contributed by atoms with Crippen molar-refractivity contribution in [1.29, 1.82) is 0 Å². The van der Waals surface area contributed by atoms with Gasteiger partial charge in [0.25, 0.3) is 0 Å². The fraction of sp³-hybridized carbons (Fsp3) is 0.545. The summed E-state index contributed by atoms with van der Waals surface area (Å²) in [6.45, 7) is 20.4. The number of ether oxygens (including phenoxy) is 2. The van der Waals surface area contributed by atoms with Crippen LogP contribution in [0.4, 0.5) is 9.59 Å². The number of aryl methyl sites for hydroxylation is 1. The molecule has 0 bridgehead atoms. The standard InChI is InChI=1S/C77H107N9O15/c1-18-45(2)68(70(94)78-43-76(9,10)72(96)86(17)49(6)37-65(89)84(15)51(8)39-67(92)93)80-74(98)101-42-62-58-30-24-21-27-55(58)59-34-33-52(40-60(59)62)32-31-46(3)69(81-75(99)100-41-61-56-28-22-19-25-53(56)54-26-20-23-29-57(54)61)71(95)79-44-77(11,12)73(97)85(16)48(5)36-64(88)82(13)47(4)35-63(87)83(14)50(7)38-66(90)91/h19-30,33-34,40,45-51,61-62,68-69H,18,31-32,35-39,41-44H2,1-17H3,(H,78,94)(H,79,95)(H,80,98)(H,81,99)(H,90,91)(H,92,93)/t45-,46-,47+,48+,49+,50+,51+,62?,68-,69-/m0/s1. The van der Waals surface area contributed by atoms with Crippen molar-refractivity contribution in [2.45, 2.75) is 189 Å². The molecule has 6 N–H and O–H groups in total. The van der Waals surface area contributed by atoms with Crippen molar-refractivity contribution in [3.05, 3.63) is 119 Å². The number of aliphatic carboxylic acids is 2. The van der Waals surface area contributed by atoms with Gasteiger partial charge in [0.1, 0.15) is 25.3 Å². The number of amides is 9. The van der Waals surface area contributed by atoms with Gasteiger partial charge in [0.15, 0.2) is 0 Å². The Bertz CT molecular complexity index is 3620. The summed E-state index contributed by atoms with van der Waals surface area (Å²) in [7, 11) is 7.79. The number of carboxylic acids is 2. The van der Waals surface area contributed by atoms with E-state index in [0.29, 0.717) is 19.3 Å². The van der Waals surface area contributed by atoms with Crippen LogP contribution in [0.3, 0.4) is 0 Å². The van der Waals surface area contributed by atoms with E-state index in [-0.39, 0.29) is 99.8 Å². The van der Waals surface area contributed by atoms with E-state index in [1.807, 2.05) is 106 Å². The zero-order valence-electron chi connectivity index (χ0n) is 61.9. The SMILES string of the molecule is CC[C@H](C)[C@H](NC(=O)OCC1c2ccccc2-c2ccc(CC[C@H](C)[C@H](NC(=O)OCC3c4ccccc4-c4ccccc43)C(=O)NCC(C)(C)C(=O)N(C)[C@H](C)CC(=O)N(C)[C@H](C)CC(=O)N(C)[C@H](C)CC(=O)O)cc21)C(=O)NCC(C)(C)C(=O)N(C)[C@H](C)CC(=O)N(C)[C@H](C)CC(=O)O. The topological polar surface area (TPSA) is 311 Å². The Morgan fingerprint density at radius 2 is 0.772 bits per heavy atom. The molecule has 0 spiro atoms. The van der Waals surface area contributed by atoms with E-state index in [2.05, 4.69) is 27.3 Å². The van der Waals surface area contributed by atoms with E-state index in [0.717, 1.165) is 50.1 Å². The number of rotatable bonds is 35. The number of carbonyl (C=O) groups is 11. The smallest absolute Gasteiger partial charge is 0.407 e. The highest BCUT2D eigenvalue weighted by Crippen LogP contribution is 2.46. The molecule has 0 heterocycles. The molecule has 101 heavy (non-hydrogen) atoms. The second-order valence-corrected chi connectivity index (χ2v) is 29.2. The zero-order chi connectivity index (χ0) is 75.1. The minimum absolute atomic E-state index is 0.0000823. The van der Waals surface area contributed by atoms with Gasteiger partial charge in [-0.25, -0.2) is 9.59 Å². The van der Waals surface area contributed by atoms with Crippen LogP contribution in [0.1, 0.15) is 168 Å². The number of carboxylic acid groups (broad SMARTS) is 2. The third-order valence-corrected chi connectivity index (χ3v) is 20.7. The van der Waals surface area contributed by atoms with Gasteiger partial charge in [-0.3, -0.25) is 43.2 Å². The van der Waals surface area contributed by atoms with Crippen LogP contribution in [-0.4, -0.2) is 204 Å². The summed E-state index contributed by atoms with van der Waals surface area (Å²) in [5.74, 6) is -6.27. The first-order chi connectivity index (χ1) is 47.4. The third-order valence-electron chi connectivity index (χ3n) is 20.7. The van der Waals surface area contributed by atoms with Gasteiger partial charge < -0.3 is 65.5 Å². The number of hydrogen-bond donors (Lipinski definition) is 6.